The number of ketones is 2. The molecule has 0 bridgehead atoms. The largest absolute Gasteiger partial charge is 0.330 e. The minimum absolute atomic E-state index is 0.0557. The Balaban J connectivity index is 2.22. The number of amides is 1. The molecule has 0 aromatic heterocycles. The van der Waals surface area contributed by atoms with Crippen LogP contribution in [0.4, 0.5) is 0 Å². The Bertz CT molecular complexity index is 358. The van der Waals surface area contributed by atoms with Gasteiger partial charge in [0, 0.05) is 24.6 Å². The maximum Gasteiger partial charge on any atom is 0.224 e. The van der Waals surface area contributed by atoms with Gasteiger partial charge in [0.05, 0.1) is 0 Å². The number of nitrogens with one attached hydrogen (secondary N) is 1. The van der Waals surface area contributed by atoms with Crippen molar-refractivity contribution in [2.75, 3.05) is 0 Å². The first kappa shape index (κ1) is 14.6. The Hall–Kier alpha value is -1.45. The van der Waals surface area contributed by atoms with Crippen LogP contribution in [0.1, 0.15) is 58.3 Å². The molecule has 1 aliphatic rings. The standard InChI is InChI=1S/C14H21NO3/c1-2-3-4-5-6-7-14(18)15-11-8-9-12(16)13(17)10-11/h10H,2-9H2,1H3,(H,15,18). The lowest BCUT2D eigenvalue weighted by molar-refractivity contribution is -0.134. The SMILES string of the molecule is CCCCCCCC(=O)NC1=CC(=O)C(=O)CC1. The summed E-state index contributed by atoms with van der Waals surface area (Å²) in [5.41, 5.74) is 0.582. The highest BCUT2D eigenvalue weighted by Gasteiger charge is 2.19. The molecule has 0 aromatic rings. The third kappa shape index (κ3) is 5.25. The molecule has 1 rings (SSSR count). The van der Waals surface area contributed by atoms with Crippen LogP contribution in [0.15, 0.2) is 11.8 Å². The monoisotopic (exact) mass is 251 g/mol. The van der Waals surface area contributed by atoms with E-state index in [1.54, 1.807) is 0 Å². The van der Waals surface area contributed by atoms with E-state index in [4.69, 9.17) is 0 Å². The van der Waals surface area contributed by atoms with Crippen LogP contribution in [0.25, 0.3) is 0 Å². The Labute approximate surface area is 108 Å². The third-order valence-corrected chi connectivity index (χ3v) is 3.01. The van der Waals surface area contributed by atoms with Gasteiger partial charge in [0.2, 0.25) is 17.5 Å². The number of carbonyl (C=O) groups excluding carboxylic acids is 3. The van der Waals surface area contributed by atoms with E-state index in [9.17, 15) is 14.4 Å². The molecule has 1 amide bonds. The van der Waals surface area contributed by atoms with Crippen molar-refractivity contribution >= 4 is 17.5 Å². The van der Waals surface area contributed by atoms with Gasteiger partial charge in [-0.15, -0.1) is 0 Å². The summed E-state index contributed by atoms with van der Waals surface area (Å²) in [6.45, 7) is 2.15. The normalized spacial score (nSPS) is 15.5. The Kier molecular flexibility index (Phi) is 6.33. The van der Waals surface area contributed by atoms with Gasteiger partial charge in [-0.25, -0.2) is 0 Å². The highest BCUT2D eigenvalue weighted by atomic mass is 16.2. The second-order valence-electron chi connectivity index (χ2n) is 4.67. The van der Waals surface area contributed by atoms with Crippen molar-refractivity contribution in [1.82, 2.24) is 5.32 Å². The van der Waals surface area contributed by atoms with Crippen LogP contribution in [-0.4, -0.2) is 17.5 Å². The van der Waals surface area contributed by atoms with E-state index in [1.165, 1.54) is 25.3 Å². The molecule has 4 nitrogen and oxygen atoms in total. The van der Waals surface area contributed by atoms with Gasteiger partial charge < -0.3 is 5.32 Å². The molecule has 0 saturated heterocycles. The van der Waals surface area contributed by atoms with Crippen LogP contribution in [0.5, 0.6) is 0 Å². The molecule has 0 fully saturated rings. The fourth-order valence-electron chi connectivity index (χ4n) is 1.91. The van der Waals surface area contributed by atoms with Crippen LogP contribution < -0.4 is 5.32 Å². The molecule has 1 N–H and O–H groups in total. The zero-order valence-electron chi connectivity index (χ0n) is 11.0. The Morgan fingerprint density at radius 3 is 2.56 bits per heavy atom. The topological polar surface area (TPSA) is 63.2 Å². The molecule has 0 heterocycles. The molecule has 1 aliphatic carbocycles. The Morgan fingerprint density at radius 2 is 1.89 bits per heavy atom. The first-order chi connectivity index (χ1) is 8.63. The minimum atomic E-state index is -0.500. The van der Waals surface area contributed by atoms with Gasteiger partial charge in [-0.2, -0.15) is 0 Å². The number of hydrogen-bond donors (Lipinski definition) is 1. The van der Waals surface area contributed by atoms with E-state index in [-0.39, 0.29) is 18.1 Å². The van der Waals surface area contributed by atoms with Crippen molar-refractivity contribution in [2.45, 2.75) is 58.3 Å². The zero-order chi connectivity index (χ0) is 13.4. The zero-order valence-corrected chi connectivity index (χ0v) is 11.0. The van der Waals surface area contributed by atoms with Crippen molar-refractivity contribution in [1.29, 1.82) is 0 Å². The number of carbonyl (C=O) groups is 3. The maximum absolute atomic E-state index is 11.6. The average Bonchev–Trinajstić information content (AvgIpc) is 2.34. The fourth-order valence-corrected chi connectivity index (χ4v) is 1.91. The molecule has 0 saturated carbocycles. The van der Waals surface area contributed by atoms with Gasteiger partial charge in [-0.3, -0.25) is 14.4 Å². The summed E-state index contributed by atoms with van der Waals surface area (Å²) in [6.07, 6.45) is 7.93. The van der Waals surface area contributed by atoms with E-state index in [1.807, 2.05) is 0 Å². The number of unbranched alkanes of at least 4 members (excludes halogenated alkanes) is 4. The number of rotatable bonds is 7. The first-order valence-electron chi connectivity index (χ1n) is 6.71. The molecule has 100 valence electrons. The predicted octanol–water partition coefficient (Wildman–Crippen LogP) is 2.28. The van der Waals surface area contributed by atoms with Crippen molar-refractivity contribution < 1.29 is 14.4 Å². The van der Waals surface area contributed by atoms with Crippen LogP contribution in [-0.2, 0) is 14.4 Å². The molecular weight excluding hydrogens is 230 g/mol. The van der Waals surface area contributed by atoms with Crippen LogP contribution >= 0.6 is 0 Å². The van der Waals surface area contributed by atoms with Gasteiger partial charge in [0.25, 0.3) is 0 Å². The average molecular weight is 251 g/mol. The molecule has 0 aliphatic heterocycles. The number of Topliss-reactive ketones (excluding diaryl/α,β-unsaturated/α-hetero) is 1. The van der Waals surface area contributed by atoms with Gasteiger partial charge in [0.1, 0.15) is 0 Å². The quantitative estimate of drug-likeness (QED) is 0.557. The summed E-state index contributed by atoms with van der Waals surface area (Å²) in [7, 11) is 0. The fraction of sp³-hybridized carbons (Fsp3) is 0.643. The van der Waals surface area contributed by atoms with E-state index >= 15 is 0 Å². The summed E-state index contributed by atoms with van der Waals surface area (Å²) in [4.78, 5) is 33.7. The highest BCUT2D eigenvalue weighted by Crippen LogP contribution is 2.11. The summed E-state index contributed by atoms with van der Waals surface area (Å²) < 4.78 is 0. The smallest absolute Gasteiger partial charge is 0.224 e. The van der Waals surface area contributed by atoms with Crippen molar-refractivity contribution in [3.05, 3.63) is 11.8 Å². The van der Waals surface area contributed by atoms with Gasteiger partial charge in [-0.1, -0.05) is 32.6 Å². The van der Waals surface area contributed by atoms with Crippen molar-refractivity contribution in [3.63, 3.8) is 0 Å². The van der Waals surface area contributed by atoms with E-state index in [0.717, 1.165) is 12.8 Å². The second-order valence-corrected chi connectivity index (χ2v) is 4.67. The Morgan fingerprint density at radius 1 is 1.17 bits per heavy atom. The van der Waals surface area contributed by atoms with Crippen molar-refractivity contribution in [2.24, 2.45) is 0 Å². The van der Waals surface area contributed by atoms with E-state index in [0.29, 0.717) is 18.5 Å². The summed E-state index contributed by atoms with van der Waals surface area (Å²) in [5, 5.41) is 2.71. The second kappa shape index (κ2) is 7.80. The maximum atomic E-state index is 11.6. The molecular formula is C14H21NO3. The summed E-state index contributed by atoms with van der Waals surface area (Å²) in [5.74, 6) is -0.924. The van der Waals surface area contributed by atoms with Crippen LogP contribution in [0.2, 0.25) is 0 Å². The molecule has 4 heteroatoms. The van der Waals surface area contributed by atoms with Gasteiger partial charge in [0.15, 0.2) is 0 Å². The third-order valence-electron chi connectivity index (χ3n) is 3.01. The van der Waals surface area contributed by atoms with Gasteiger partial charge in [-0.05, 0) is 12.8 Å². The molecule has 0 unspecified atom stereocenters. The molecule has 0 atom stereocenters. The molecule has 0 spiro atoms. The molecule has 0 aromatic carbocycles. The minimum Gasteiger partial charge on any atom is -0.330 e. The number of hydrogen-bond acceptors (Lipinski definition) is 3. The lowest BCUT2D eigenvalue weighted by Gasteiger charge is -2.12. The molecule has 0 radical (unpaired) electrons. The summed E-state index contributed by atoms with van der Waals surface area (Å²) in [6, 6.07) is 0. The van der Waals surface area contributed by atoms with Gasteiger partial charge >= 0.3 is 0 Å². The predicted molar refractivity (Wildman–Crippen MR) is 68.8 cm³/mol. The van der Waals surface area contributed by atoms with Crippen molar-refractivity contribution in [3.8, 4) is 0 Å². The highest BCUT2D eigenvalue weighted by molar-refractivity contribution is 6.42. The van der Waals surface area contributed by atoms with E-state index < -0.39 is 5.78 Å². The lowest BCUT2D eigenvalue weighted by Crippen LogP contribution is -2.27. The summed E-state index contributed by atoms with van der Waals surface area (Å²) >= 11 is 0. The van der Waals surface area contributed by atoms with E-state index in [2.05, 4.69) is 12.2 Å². The van der Waals surface area contributed by atoms with Crippen LogP contribution in [0.3, 0.4) is 0 Å². The first-order valence-corrected chi connectivity index (χ1v) is 6.71. The van der Waals surface area contributed by atoms with Crippen LogP contribution in [0, 0.1) is 0 Å². The lowest BCUT2D eigenvalue weighted by atomic mass is 10.0. The number of allylic oxidation sites excluding steroid dienone is 2. The molecule has 18 heavy (non-hydrogen) atoms.